The number of nitrogens with one attached hydrogen (secondary N) is 1. The summed E-state index contributed by atoms with van der Waals surface area (Å²) in [6.07, 6.45) is 2.36. The molecular weight excluding hydrogens is 478 g/mol. The second-order valence-corrected chi connectivity index (χ2v) is 8.84. The number of rotatable bonds is 8. The Bertz CT molecular complexity index is 1390. The van der Waals surface area contributed by atoms with Gasteiger partial charge in [0.05, 0.1) is 25.0 Å². The van der Waals surface area contributed by atoms with Gasteiger partial charge in [-0.05, 0) is 32.9 Å². The van der Waals surface area contributed by atoms with Gasteiger partial charge in [0.15, 0.2) is 17.1 Å². The van der Waals surface area contributed by atoms with E-state index >= 15 is 0 Å². The van der Waals surface area contributed by atoms with Crippen molar-refractivity contribution in [2.75, 3.05) is 54.5 Å². The number of carbonyl (C=O) groups excluding carboxylic acids is 1. The van der Waals surface area contributed by atoms with Crippen LogP contribution in [0.25, 0.3) is 22.7 Å². The average Bonchev–Trinajstić information content (AvgIpc) is 3.55. The van der Waals surface area contributed by atoms with E-state index in [1.165, 1.54) is 6.26 Å². The number of ether oxygens (including phenoxy) is 1. The van der Waals surface area contributed by atoms with Crippen molar-refractivity contribution in [1.29, 1.82) is 0 Å². The molecule has 1 unspecified atom stereocenters. The van der Waals surface area contributed by atoms with E-state index < -0.39 is 12.0 Å². The number of aliphatic hydroxyl groups excluding tert-OH is 1. The highest BCUT2D eigenvalue weighted by molar-refractivity contribution is 6.05. The summed E-state index contributed by atoms with van der Waals surface area (Å²) in [6, 6.07) is 5.74. The van der Waals surface area contributed by atoms with Gasteiger partial charge in [-0.1, -0.05) is 0 Å². The lowest BCUT2D eigenvalue weighted by Gasteiger charge is -2.25. The van der Waals surface area contributed by atoms with Crippen LogP contribution in [0.2, 0.25) is 0 Å². The van der Waals surface area contributed by atoms with Crippen molar-refractivity contribution in [2.45, 2.75) is 26.9 Å². The Morgan fingerprint density at radius 2 is 2.05 bits per heavy atom. The number of fused-ring (bicyclic) bond motifs is 1. The van der Waals surface area contributed by atoms with Gasteiger partial charge in [0.25, 0.3) is 11.9 Å². The molecule has 1 aliphatic rings. The molecule has 5 heterocycles. The molecule has 0 saturated carbocycles. The number of hydrogen-bond donors (Lipinski definition) is 2. The zero-order valence-electron chi connectivity index (χ0n) is 21.0. The van der Waals surface area contributed by atoms with Crippen LogP contribution < -0.4 is 15.1 Å². The summed E-state index contributed by atoms with van der Waals surface area (Å²) < 4.78 is 17.0. The Balaban J connectivity index is 1.47. The summed E-state index contributed by atoms with van der Waals surface area (Å²) in [6.45, 7) is 8.90. The molecule has 0 aliphatic carbocycles. The quantitative estimate of drug-likeness (QED) is 0.363. The molecule has 1 atom stereocenters. The van der Waals surface area contributed by atoms with Gasteiger partial charge in [0.1, 0.15) is 6.26 Å². The van der Waals surface area contributed by atoms with Gasteiger partial charge < -0.3 is 33.8 Å². The van der Waals surface area contributed by atoms with E-state index in [1.807, 2.05) is 29.7 Å². The van der Waals surface area contributed by atoms with E-state index in [9.17, 15) is 9.90 Å². The fourth-order valence-electron chi connectivity index (χ4n) is 4.13. The first kappa shape index (κ1) is 24.7. The fraction of sp³-hybridized carbons (Fsp3) is 0.400. The first-order valence-corrected chi connectivity index (χ1v) is 12.2. The number of hydrogen-bond acceptors (Lipinski definition) is 11. The molecule has 12 nitrogen and oxygen atoms in total. The maximum Gasteiger partial charge on any atom is 0.300 e. The van der Waals surface area contributed by atoms with E-state index in [-0.39, 0.29) is 5.69 Å². The van der Waals surface area contributed by atoms with Crippen molar-refractivity contribution in [3.8, 4) is 11.5 Å². The van der Waals surface area contributed by atoms with Gasteiger partial charge in [0, 0.05) is 49.7 Å². The van der Waals surface area contributed by atoms with E-state index in [1.54, 1.807) is 25.3 Å². The average molecular weight is 508 g/mol. The Kier molecular flexibility index (Phi) is 7.01. The lowest BCUT2D eigenvalue weighted by Crippen LogP contribution is -2.36. The highest BCUT2D eigenvalue weighted by Gasteiger charge is 2.23. The number of oxazole rings is 2. The normalized spacial score (nSPS) is 14.6. The van der Waals surface area contributed by atoms with Crippen LogP contribution in [0.5, 0.6) is 0 Å². The van der Waals surface area contributed by atoms with Crippen molar-refractivity contribution in [1.82, 2.24) is 19.9 Å². The first-order valence-electron chi connectivity index (χ1n) is 12.2. The van der Waals surface area contributed by atoms with Crippen LogP contribution >= 0.6 is 0 Å². The van der Waals surface area contributed by atoms with Gasteiger partial charge in [-0.15, -0.1) is 0 Å². The monoisotopic (exact) mass is 507 g/mol. The van der Waals surface area contributed by atoms with Crippen LogP contribution in [0.3, 0.4) is 0 Å². The summed E-state index contributed by atoms with van der Waals surface area (Å²) in [5.74, 6) is 0.322. The number of pyridine rings is 2. The van der Waals surface area contributed by atoms with Gasteiger partial charge in [-0.25, -0.2) is 9.97 Å². The molecular formula is C25H29N7O5. The summed E-state index contributed by atoms with van der Waals surface area (Å²) >= 11 is 0. The molecule has 1 aliphatic heterocycles. The van der Waals surface area contributed by atoms with Crippen LogP contribution in [0, 0.1) is 6.92 Å². The summed E-state index contributed by atoms with van der Waals surface area (Å²) in [4.78, 5) is 34.9. The summed E-state index contributed by atoms with van der Waals surface area (Å²) in [5, 5.41) is 12.9. The fourth-order valence-corrected chi connectivity index (χ4v) is 4.13. The minimum Gasteiger partial charge on any atom is -0.444 e. The van der Waals surface area contributed by atoms with Crippen molar-refractivity contribution < 1.29 is 23.5 Å². The lowest BCUT2D eigenvalue weighted by molar-refractivity contribution is 0.102. The first-order chi connectivity index (χ1) is 17.9. The van der Waals surface area contributed by atoms with Crippen molar-refractivity contribution in [2.24, 2.45) is 0 Å². The Morgan fingerprint density at radius 1 is 1.24 bits per heavy atom. The van der Waals surface area contributed by atoms with E-state index in [0.29, 0.717) is 74.0 Å². The smallest absolute Gasteiger partial charge is 0.300 e. The Hall–Kier alpha value is -4.03. The van der Waals surface area contributed by atoms with E-state index in [4.69, 9.17) is 18.6 Å². The van der Waals surface area contributed by atoms with Gasteiger partial charge in [-0.2, -0.15) is 4.98 Å². The van der Waals surface area contributed by atoms with Crippen LogP contribution in [0.4, 0.5) is 17.5 Å². The standard InChI is InChI=1S/C25H29N7O5/c1-4-31(13-16(3)33)22-18(12-20-21(29-22)30-25(37-20)32-7-9-35-10-8-32)27-23(34)19-14-36-24(28-19)17-5-6-26-15(2)11-17/h5-6,11-12,14,16,33H,4,7-10,13H2,1-3H3,(H,27,34). The topological polar surface area (TPSA) is 143 Å². The number of nitrogens with zero attached hydrogens (tertiary/aromatic N) is 6. The molecule has 12 heteroatoms. The van der Waals surface area contributed by atoms with Crippen molar-refractivity contribution in [3.05, 3.63) is 42.0 Å². The van der Waals surface area contributed by atoms with Crippen LogP contribution in [-0.4, -0.2) is 76.4 Å². The number of carbonyl (C=O) groups is 1. The maximum absolute atomic E-state index is 13.2. The van der Waals surface area contributed by atoms with Crippen LogP contribution in [0.1, 0.15) is 30.0 Å². The molecule has 1 saturated heterocycles. The highest BCUT2D eigenvalue weighted by Crippen LogP contribution is 2.31. The largest absolute Gasteiger partial charge is 0.444 e. The van der Waals surface area contributed by atoms with Gasteiger partial charge in [0.2, 0.25) is 11.5 Å². The molecule has 0 aromatic carbocycles. The number of likely N-dealkylation sites (N-methyl/N-ethyl adjacent to an activating group) is 1. The Morgan fingerprint density at radius 3 is 2.78 bits per heavy atom. The lowest BCUT2D eigenvalue weighted by atomic mass is 10.2. The molecule has 1 amide bonds. The minimum atomic E-state index is -0.607. The minimum absolute atomic E-state index is 0.112. The number of anilines is 3. The molecule has 4 aromatic heterocycles. The Labute approximate surface area is 213 Å². The van der Waals surface area contributed by atoms with Gasteiger partial charge >= 0.3 is 0 Å². The number of aryl methyl sites for hydroxylation is 1. The van der Waals surface area contributed by atoms with E-state index in [2.05, 4.69) is 20.3 Å². The van der Waals surface area contributed by atoms with Crippen LogP contribution in [0.15, 0.2) is 39.5 Å². The van der Waals surface area contributed by atoms with Crippen molar-refractivity contribution >= 4 is 34.7 Å². The zero-order valence-corrected chi connectivity index (χ0v) is 21.0. The molecule has 5 rings (SSSR count). The molecule has 1 fully saturated rings. The van der Waals surface area contributed by atoms with E-state index in [0.717, 1.165) is 11.3 Å². The van der Waals surface area contributed by atoms with Gasteiger partial charge in [-0.3, -0.25) is 9.78 Å². The predicted octanol–water partition coefficient (Wildman–Crippen LogP) is 2.88. The molecule has 37 heavy (non-hydrogen) atoms. The molecule has 0 bridgehead atoms. The number of aromatic nitrogens is 4. The van der Waals surface area contributed by atoms with Crippen LogP contribution in [-0.2, 0) is 4.74 Å². The second-order valence-electron chi connectivity index (χ2n) is 8.84. The summed E-state index contributed by atoms with van der Waals surface area (Å²) in [7, 11) is 0. The predicted molar refractivity (Wildman–Crippen MR) is 137 cm³/mol. The number of morpholine rings is 1. The maximum atomic E-state index is 13.2. The highest BCUT2D eigenvalue weighted by atomic mass is 16.5. The molecule has 4 aromatic rings. The third-order valence-corrected chi connectivity index (χ3v) is 5.93. The molecule has 0 radical (unpaired) electrons. The third-order valence-electron chi connectivity index (χ3n) is 5.93. The zero-order chi connectivity index (χ0) is 25.9. The molecule has 194 valence electrons. The molecule has 2 N–H and O–H groups in total. The number of amides is 1. The third kappa shape index (κ3) is 5.39. The number of aliphatic hydroxyl groups is 1. The second kappa shape index (κ2) is 10.5. The molecule has 0 spiro atoms. The SMILES string of the molecule is CCN(CC(C)O)c1nc2nc(N3CCOCC3)oc2cc1NC(=O)c1coc(-c2ccnc(C)c2)n1. The van der Waals surface area contributed by atoms with Crippen molar-refractivity contribution in [3.63, 3.8) is 0 Å². The summed E-state index contributed by atoms with van der Waals surface area (Å²) in [5.41, 5.74) is 2.90.